The fourth-order valence-electron chi connectivity index (χ4n) is 2.46. The average molecular weight is 388 g/mol. The van der Waals surface area contributed by atoms with Crippen molar-refractivity contribution in [1.29, 1.82) is 0 Å². The molecule has 2 unspecified atom stereocenters. The van der Waals surface area contributed by atoms with E-state index in [1.807, 2.05) is 0 Å². The van der Waals surface area contributed by atoms with Crippen molar-refractivity contribution in [1.82, 2.24) is 4.67 Å². The number of carbonyl (C=O) groups excluding carboxylic acids is 2. The highest BCUT2D eigenvalue weighted by molar-refractivity contribution is 7.59. The third-order valence-corrected chi connectivity index (χ3v) is 7.26. The summed E-state index contributed by atoms with van der Waals surface area (Å²) in [5, 5.41) is -0.549. The number of halogens is 1. The molecule has 138 valence electrons. The molecular weight excluding hydrogens is 365 g/mol. The number of nitrogens with zero attached hydrogens (tertiary/aromatic N) is 1. The molecule has 1 heterocycles. The van der Waals surface area contributed by atoms with Crippen molar-refractivity contribution in [2.75, 3.05) is 0 Å². The Hall–Kier alpha value is -1.52. The summed E-state index contributed by atoms with van der Waals surface area (Å²) in [6.07, 6.45) is -0.355. The van der Waals surface area contributed by atoms with Gasteiger partial charge in [-0.3, -0.25) is 9.36 Å². The van der Waals surface area contributed by atoms with E-state index in [0.29, 0.717) is 5.02 Å². The molecule has 0 N–H and O–H groups in total. The zero-order valence-electron chi connectivity index (χ0n) is 15.2. The molecule has 2 atom stereocenters. The smallest absolute Gasteiger partial charge is 0.352 e. The minimum absolute atomic E-state index is 0.174. The van der Waals surface area contributed by atoms with Gasteiger partial charge in [0.25, 0.3) is 5.91 Å². The van der Waals surface area contributed by atoms with Gasteiger partial charge in [0.1, 0.15) is 11.8 Å². The molecule has 6 nitrogen and oxygen atoms in total. The lowest BCUT2D eigenvalue weighted by Crippen LogP contribution is -2.48. The number of hydrogen-bond donors (Lipinski definition) is 0. The van der Waals surface area contributed by atoms with Gasteiger partial charge in [-0.2, -0.15) is 0 Å². The van der Waals surface area contributed by atoms with E-state index >= 15 is 0 Å². The molecule has 1 aromatic carbocycles. The Morgan fingerprint density at radius 3 is 2.40 bits per heavy atom. The largest absolute Gasteiger partial charge is 0.461 e. The van der Waals surface area contributed by atoms with Crippen LogP contribution in [0.5, 0.6) is 5.75 Å². The number of fused-ring (bicyclic) bond motifs is 1. The summed E-state index contributed by atoms with van der Waals surface area (Å²) in [6, 6.07) is 3.46. The molecule has 0 saturated carbocycles. The molecule has 25 heavy (non-hydrogen) atoms. The molecule has 0 radical (unpaired) electrons. The fraction of sp³-hybridized carbons (Fsp3) is 0.529. The SMILES string of the molecule is CC(C)OC(=O)C(C)N1C(=O)c2cc(Cl)ccc2OP1(=O)C(C)(C)C. The lowest BCUT2D eigenvalue weighted by atomic mass is 10.1. The van der Waals surface area contributed by atoms with E-state index in [1.165, 1.54) is 19.1 Å². The number of ether oxygens (including phenoxy) is 1. The Morgan fingerprint density at radius 1 is 1.28 bits per heavy atom. The van der Waals surface area contributed by atoms with Crippen LogP contribution in [0.1, 0.15) is 51.9 Å². The lowest BCUT2D eigenvalue weighted by Gasteiger charge is -2.44. The van der Waals surface area contributed by atoms with E-state index in [2.05, 4.69) is 0 Å². The first-order chi connectivity index (χ1) is 11.4. The minimum Gasteiger partial charge on any atom is -0.461 e. The second-order valence-electron chi connectivity index (χ2n) is 7.23. The van der Waals surface area contributed by atoms with E-state index < -0.39 is 30.6 Å². The van der Waals surface area contributed by atoms with Crippen LogP contribution < -0.4 is 4.52 Å². The summed E-state index contributed by atoms with van der Waals surface area (Å²) in [4.78, 5) is 25.4. The maximum absolute atomic E-state index is 13.7. The van der Waals surface area contributed by atoms with Crippen LogP contribution in [-0.2, 0) is 14.1 Å². The van der Waals surface area contributed by atoms with Gasteiger partial charge in [-0.15, -0.1) is 0 Å². The van der Waals surface area contributed by atoms with Crippen LogP contribution in [0.3, 0.4) is 0 Å². The second-order valence-corrected chi connectivity index (χ2v) is 10.7. The van der Waals surface area contributed by atoms with Crippen molar-refractivity contribution < 1.29 is 23.4 Å². The molecule has 1 amide bonds. The first kappa shape index (κ1) is 19.8. The van der Waals surface area contributed by atoms with Crippen molar-refractivity contribution in [3.05, 3.63) is 28.8 Å². The van der Waals surface area contributed by atoms with Gasteiger partial charge in [-0.1, -0.05) is 11.6 Å². The van der Waals surface area contributed by atoms with Crippen LogP contribution >= 0.6 is 19.1 Å². The van der Waals surface area contributed by atoms with E-state index in [0.717, 1.165) is 4.67 Å². The fourth-order valence-corrected chi connectivity index (χ4v) is 4.97. The van der Waals surface area contributed by atoms with Crippen molar-refractivity contribution in [2.24, 2.45) is 0 Å². The molecule has 1 aliphatic rings. The number of hydrogen-bond acceptors (Lipinski definition) is 5. The number of amides is 1. The van der Waals surface area contributed by atoms with Crippen LogP contribution in [-0.4, -0.2) is 33.8 Å². The first-order valence-corrected chi connectivity index (χ1v) is 9.98. The number of carbonyl (C=O) groups is 2. The van der Waals surface area contributed by atoms with Crippen molar-refractivity contribution in [3.63, 3.8) is 0 Å². The summed E-state index contributed by atoms with van der Waals surface area (Å²) < 4.78 is 25.7. The molecule has 0 saturated heterocycles. The molecule has 0 spiro atoms. The van der Waals surface area contributed by atoms with Gasteiger partial charge < -0.3 is 9.26 Å². The maximum Gasteiger partial charge on any atom is 0.352 e. The van der Waals surface area contributed by atoms with Gasteiger partial charge in [0.15, 0.2) is 0 Å². The standard InChI is InChI=1S/C17H23ClNO5P/c1-10(2)23-16(21)11(3)19-15(20)13-9-12(18)7-8-14(13)24-25(19,22)17(4,5)6/h7-11H,1-6H3. The van der Waals surface area contributed by atoms with Gasteiger partial charge in [0.05, 0.1) is 16.8 Å². The third kappa shape index (κ3) is 3.56. The zero-order chi connectivity index (χ0) is 19.2. The van der Waals surface area contributed by atoms with Crippen molar-refractivity contribution >= 4 is 31.0 Å². The van der Waals surface area contributed by atoms with Crippen LogP contribution in [0.15, 0.2) is 18.2 Å². The Morgan fingerprint density at radius 2 is 1.88 bits per heavy atom. The van der Waals surface area contributed by atoms with Gasteiger partial charge in [0.2, 0.25) is 0 Å². The number of esters is 1. The maximum atomic E-state index is 13.7. The molecule has 1 aromatic rings. The Balaban J connectivity index is 2.58. The van der Waals surface area contributed by atoms with Gasteiger partial charge in [0, 0.05) is 5.02 Å². The Bertz CT molecular complexity index is 756. The predicted molar refractivity (Wildman–Crippen MR) is 96.3 cm³/mol. The third-order valence-electron chi connectivity index (χ3n) is 3.79. The highest BCUT2D eigenvalue weighted by Gasteiger charge is 2.54. The Kier molecular flexibility index (Phi) is 5.27. The first-order valence-electron chi connectivity index (χ1n) is 8.02. The molecule has 8 heteroatoms. The minimum atomic E-state index is -3.72. The average Bonchev–Trinajstić information content (AvgIpc) is 2.46. The Labute approximate surface area is 152 Å². The molecule has 1 aliphatic heterocycles. The van der Waals surface area contributed by atoms with Crippen molar-refractivity contribution in [2.45, 2.75) is 58.8 Å². The molecule has 0 aliphatic carbocycles. The normalized spacial score (nSPS) is 21.6. The summed E-state index contributed by atoms with van der Waals surface area (Å²) >= 11 is 5.97. The van der Waals surface area contributed by atoms with Gasteiger partial charge in [-0.05, 0) is 59.7 Å². The topological polar surface area (TPSA) is 72.9 Å². The molecule has 0 fully saturated rings. The lowest BCUT2D eigenvalue weighted by molar-refractivity contribution is -0.151. The van der Waals surface area contributed by atoms with Crippen LogP contribution in [0.4, 0.5) is 0 Å². The molecule has 2 rings (SSSR count). The highest BCUT2D eigenvalue weighted by atomic mass is 35.5. The van der Waals surface area contributed by atoms with E-state index in [1.54, 1.807) is 40.7 Å². The van der Waals surface area contributed by atoms with Crippen LogP contribution in [0, 0.1) is 0 Å². The predicted octanol–water partition coefficient (Wildman–Crippen LogP) is 4.51. The van der Waals surface area contributed by atoms with Crippen LogP contribution in [0.2, 0.25) is 5.02 Å². The van der Waals surface area contributed by atoms with E-state index in [-0.39, 0.29) is 17.4 Å². The molecular formula is C17H23ClNO5P. The molecule has 0 aromatic heterocycles. The summed E-state index contributed by atoms with van der Waals surface area (Å²) in [7, 11) is -3.72. The van der Waals surface area contributed by atoms with Gasteiger partial charge >= 0.3 is 13.5 Å². The van der Waals surface area contributed by atoms with E-state index in [4.69, 9.17) is 20.9 Å². The zero-order valence-corrected chi connectivity index (χ0v) is 16.9. The summed E-state index contributed by atoms with van der Waals surface area (Å²) in [5.41, 5.74) is 0.174. The monoisotopic (exact) mass is 387 g/mol. The summed E-state index contributed by atoms with van der Waals surface area (Å²) in [6.45, 7) is 10.0. The van der Waals surface area contributed by atoms with Gasteiger partial charge in [-0.25, -0.2) is 9.46 Å². The highest BCUT2D eigenvalue weighted by Crippen LogP contribution is 2.65. The van der Waals surface area contributed by atoms with Crippen LogP contribution in [0.25, 0.3) is 0 Å². The van der Waals surface area contributed by atoms with E-state index in [9.17, 15) is 14.2 Å². The quantitative estimate of drug-likeness (QED) is 0.563. The number of benzene rings is 1. The summed E-state index contributed by atoms with van der Waals surface area (Å²) in [5.74, 6) is -0.995. The molecule has 0 bridgehead atoms. The second kappa shape index (κ2) is 6.65. The van der Waals surface area contributed by atoms with Crippen molar-refractivity contribution in [3.8, 4) is 5.75 Å². The number of rotatable bonds is 3.